The van der Waals surface area contributed by atoms with Crippen LogP contribution in [0.5, 0.6) is 0 Å². The highest BCUT2D eigenvalue weighted by molar-refractivity contribution is 7.15. The molecule has 6 heteroatoms. The lowest BCUT2D eigenvalue weighted by atomic mass is 10.00. The van der Waals surface area contributed by atoms with E-state index in [1.54, 1.807) is 0 Å². The van der Waals surface area contributed by atoms with Crippen molar-refractivity contribution in [1.82, 2.24) is 14.7 Å². The molecular weight excluding hydrogens is 392 g/mol. The molecule has 0 N–H and O–H groups in total. The number of fused-ring (bicyclic) bond motifs is 1. The third kappa shape index (κ3) is 4.29. The molecule has 0 radical (unpaired) electrons. The second-order valence-corrected chi connectivity index (χ2v) is 9.72. The molecular formula is C24H30N4OS. The Hall–Kier alpha value is -2.20. The Balaban J connectivity index is 1.40. The van der Waals surface area contributed by atoms with Crippen molar-refractivity contribution < 1.29 is 4.79 Å². The first-order valence-electron chi connectivity index (χ1n) is 10.8. The molecule has 2 aliphatic rings. The van der Waals surface area contributed by atoms with E-state index < -0.39 is 0 Å². The summed E-state index contributed by atoms with van der Waals surface area (Å²) < 4.78 is 0. The van der Waals surface area contributed by atoms with E-state index in [0.29, 0.717) is 18.2 Å². The number of carbonyl (C=O) groups excluding carboxylic acids is 1. The predicted molar refractivity (Wildman–Crippen MR) is 121 cm³/mol. The molecule has 0 spiro atoms. The Bertz CT molecular complexity index is 949. The van der Waals surface area contributed by atoms with Gasteiger partial charge in [0.05, 0.1) is 18.2 Å². The van der Waals surface area contributed by atoms with Crippen molar-refractivity contribution in [2.24, 2.45) is 0 Å². The zero-order valence-corrected chi connectivity index (χ0v) is 19.0. The van der Waals surface area contributed by atoms with Crippen molar-refractivity contribution in [1.29, 1.82) is 5.26 Å². The van der Waals surface area contributed by atoms with Gasteiger partial charge in [-0.15, -0.1) is 11.3 Å². The Labute approximate surface area is 183 Å². The Morgan fingerprint density at radius 1 is 1.13 bits per heavy atom. The second kappa shape index (κ2) is 8.89. The fourth-order valence-corrected chi connectivity index (χ4v) is 5.90. The maximum Gasteiger partial charge on any atom is 0.236 e. The van der Waals surface area contributed by atoms with Crippen LogP contribution in [0.25, 0.3) is 10.4 Å². The third-order valence-corrected chi connectivity index (χ3v) is 7.80. The molecule has 1 aromatic heterocycles. The van der Waals surface area contributed by atoms with E-state index in [0.717, 1.165) is 45.7 Å². The van der Waals surface area contributed by atoms with Gasteiger partial charge in [0.1, 0.15) is 0 Å². The van der Waals surface area contributed by atoms with E-state index in [4.69, 9.17) is 5.26 Å². The first kappa shape index (κ1) is 21.0. The average molecular weight is 423 g/mol. The van der Waals surface area contributed by atoms with Crippen molar-refractivity contribution in [2.75, 3.05) is 39.3 Å². The van der Waals surface area contributed by atoms with E-state index in [-0.39, 0.29) is 5.91 Å². The molecule has 0 bridgehead atoms. The van der Waals surface area contributed by atoms with Crippen LogP contribution in [-0.2, 0) is 17.8 Å². The van der Waals surface area contributed by atoms with E-state index in [1.807, 2.05) is 40.5 Å². The molecule has 4 rings (SSSR count). The normalized spacial score (nSPS) is 17.8. The lowest BCUT2D eigenvalue weighted by molar-refractivity contribution is -0.134. The summed E-state index contributed by atoms with van der Waals surface area (Å²) in [5.41, 5.74) is 4.68. The first-order valence-corrected chi connectivity index (χ1v) is 11.6. The van der Waals surface area contributed by atoms with Gasteiger partial charge < -0.3 is 4.90 Å². The number of piperazine rings is 1. The van der Waals surface area contributed by atoms with Crippen LogP contribution in [-0.4, -0.2) is 65.9 Å². The minimum absolute atomic E-state index is 0.266. The summed E-state index contributed by atoms with van der Waals surface area (Å²) in [5.74, 6) is 0.266. The zero-order chi connectivity index (χ0) is 21.3. The Morgan fingerprint density at radius 3 is 2.47 bits per heavy atom. The highest BCUT2D eigenvalue weighted by Gasteiger charge is 2.27. The van der Waals surface area contributed by atoms with Crippen molar-refractivity contribution >= 4 is 17.2 Å². The third-order valence-electron chi connectivity index (χ3n) is 6.43. The number of rotatable bonds is 4. The highest BCUT2D eigenvalue weighted by atomic mass is 32.1. The fourth-order valence-electron chi connectivity index (χ4n) is 4.50. The number of nitriles is 1. The van der Waals surface area contributed by atoms with Crippen LogP contribution in [0.1, 0.15) is 35.4 Å². The largest absolute Gasteiger partial charge is 0.339 e. The molecule has 158 valence electrons. The van der Waals surface area contributed by atoms with Crippen LogP contribution in [0.3, 0.4) is 0 Å². The van der Waals surface area contributed by atoms with Crippen LogP contribution in [0.2, 0.25) is 0 Å². The van der Waals surface area contributed by atoms with Gasteiger partial charge in [0, 0.05) is 55.1 Å². The topological polar surface area (TPSA) is 50.6 Å². The van der Waals surface area contributed by atoms with Crippen molar-refractivity contribution in [3.63, 3.8) is 0 Å². The average Bonchev–Trinajstić information content (AvgIpc) is 3.09. The summed E-state index contributed by atoms with van der Waals surface area (Å²) in [7, 11) is 0. The van der Waals surface area contributed by atoms with E-state index in [2.05, 4.69) is 36.6 Å². The standard InChI is InChI=1S/C24H30N4OS/c1-17(2)27-10-12-28(13-11-27)23(29)16-26-9-8-21-18(3)24(30-22(21)15-26)20-6-4-19(14-25)5-7-20/h4-7,17H,8-13,15-16H2,1-3H3. The van der Waals surface area contributed by atoms with Crippen LogP contribution in [0.4, 0.5) is 0 Å². The maximum absolute atomic E-state index is 12.9. The molecule has 0 saturated carbocycles. The van der Waals surface area contributed by atoms with E-state index in [1.165, 1.54) is 26.4 Å². The summed E-state index contributed by atoms with van der Waals surface area (Å²) >= 11 is 1.84. The molecule has 1 aromatic carbocycles. The number of carbonyl (C=O) groups is 1. The van der Waals surface area contributed by atoms with Crippen LogP contribution < -0.4 is 0 Å². The van der Waals surface area contributed by atoms with Crippen LogP contribution in [0.15, 0.2) is 24.3 Å². The van der Waals surface area contributed by atoms with Gasteiger partial charge in [-0.3, -0.25) is 14.6 Å². The van der Waals surface area contributed by atoms with Gasteiger partial charge in [-0.1, -0.05) is 12.1 Å². The van der Waals surface area contributed by atoms with Crippen LogP contribution in [0, 0.1) is 18.3 Å². The number of nitrogens with zero attached hydrogens (tertiary/aromatic N) is 4. The summed E-state index contributed by atoms with van der Waals surface area (Å²) in [6, 6.07) is 10.6. The lowest BCUT2D eigenvalue weighted by Gasteiger charge is -2.38. The molecule has 1 fully saturated rings. The zero-order valence-electron chi connectivity index (χ0n) is 18.1. The van der Waals surface area contributed by atoms with Gasteiger partial charge >= 0.3 is 0 Å². The van der Waals surface area contributed by atoms with Crippen LogP contribution >= 0.6 is 11.3 Å². The molecule has 2 aliphatic heterocycles. The number of hydrogen-bond donors (Lipinski definition) is 0. The molecule has 0 aliphatic carbocycles. The Morgan fingerprint density at radius 2 is 1.83 bits per heavy atom. The molecule has 0 atom stereocenters. The minimum atomic E-state index is 0.266. The smallest absolute Gasteiger partial charge is 0.236 e. The molecule has 2 aromatic rings. The van der Waals surface area contributed by atoms with Crippen molar-refractivity contribution in [2.45, 2.75) is 39.8 Å². The molecule has 30 heavy (non-hydrogen) atoms. The molecule has 5 nitrogen and oxygen atoms in total. The molecule has 3 heterocycles. The monoisotopic (exact) mass is 422 g/mol. The lowest BCUT2D eigenvalue weighted by Crippen LogP contribution is -2.53. The molecule has 0 unspecified atom stereocenters. The Kier molecular flexibility index (Phi) is 6.24. The van der Waals surface area contributed by atoms with E-state index >= 15 is 0 Å². The number of benzene rings is 1. The van der Waals surface area contributed by atoms with E-state index in [9.17, 15) is 4.79 Å². The summed E-state index contributed by atoms with van der Waals surface area (Å²) in [6.45, 7) is 12.6. The van der Waals surface area contributed by atoms with Gasteiger partial charge in [0.2, 0.25) is 5.91 Å². The van der Waals surface area contributed by atoms with Gasteiger partial charge in [-0.25, -0.2) is 0 Å². The summed E-state index contributed by atoms with van der Waals surface area (Å²) in [6.07, 6.45) is 1.00. The first-order chi connectivity index (χ1) is 14.5. The summed E-state index contributed by atoms with van der Waals surface area (Å²) in [4.78, 5) is 22.3. The maximum atomic E-state index is 12.9. The highest BCUT2D eigenvalue weighted by Crippen LogP contribution is 2.39. The van der Waals surface area contributed by atoms with Gasteiger partial charge in [-0.05, 0) is 56.0 Å². The SMILES string of the molecule is Cc1c(-c2ccc(C#N)cc2)sc2c1CCN(CC(=O)N1CCN(C(C)C)CC1)C2. The predicted octanol–water partition coefficient (Wildman–Crippen LogP) is 3.51. The van der Waals surface area contributed by atoms with Gasteiger partial charge in [-0.2, -0.15) is 5.26 Å². The summed E-state index contributed by atoms with van der Waals surface area (Å²) in [5, 5.41) is 9.03. The number of amides is 1. The van der Waals surface area contributed by atoms with Gasteiger partial charge in [0.15, 0.2) is 0 Å². The minimum Gasteiger partial charge on any atom is -0.339 e. The van der Waals surface area contributed by atoms with Gasteiger partial charge in [0.25, 0.3) is 0 Å². The van der Waals surface area contributed by atoms with Crippen molar-refractivity contribution in [3.05, 3.63) is 45.8 Å². The molecule has 1 amide bonds. The van der Waals surface area contributed by atoms with Crippen molar-refractivity contribution in [3.8, 4) is 16.5 Å². The fraction of sp³-hybridized carbons (Fsp3) is 0.500. The number of hydrogen-bond acceptors (Lipinski definition) is 5. The quantitative estimate of drug-likeness (QED) is 0.757. The number of thiophene rings is 1. The second-order valence-electron chi connectivity index (χ2n) is 8.62. The molecule has 1 saturated heterocycles.